The minimum Gasteiger partial charge on any atom is -0.341 e. The highest BCUT2D eigenvalue weighted by atomic mass is 32.2. The lowest BCUT2D eigenvalue weighted by Crippen LogP contribution is -2.45. The molecule has 2 aromatic rings. The fourth-order valence-corrected chi connectivity index (χ4v) is 6.28. The molecule has 1 aromatic carbocycles. The molecule has 33 heavy (non-hydrogen) atoms. The molecule has 2 heterocycles. The molecule has 0 radical (unpaired) electrons. The largest absolute Gasteiger partial charge is 0.341 e. The molecule has 2 atom stereocenters. The van der Waals surface area contributed by atoms with Gasteiger partial charge in [-0.25, -0.2) is 8.42 Å². The van der Waals surface area contributed by atoms with Crippen LogP contribution < -0.4 is 4.80 Å². The van der Waals surface area contributed by atoms with E-state index in [0.29, 0.717) is 35.1 Å². The first-order valence-corrected chi connectivity index (χ1v) is 13.1. The number of piperidine rings is 1. The van der Waals surface area contributed by atoms with E-state index in [2.05, 4.69) is 11.6 Å². The van der Waals surface area contributed by atoms with Crippen molar-refractivity contribution in [2.75, 3.05) is 24.6 Å². The molecule has 2 unspecified atom stereocenters. The van der Waals surface area contributed by atoms with Crippen LogP contribution in [0.1, 0.15) is 20.3 Å². The standard InChI is InChI=1S/C21H26N4O6S2/c1-4-7-24-17-6-5-16(25(28)29)9-18(17)32-21(24)22-19(26)12-33(30,31)13-20(27)23-10-14(2)8-15(3)11-23/h4-6,9,14-15H,1,7-8,10-13H2,2-3H3. The SMILES string of the molecule is C=CCn1c(=NC(=O)CS(=O)(=O)CC(=O)N2CC(C)CC(C)C2)sc2cc([N+](=O)[O-])ccc21. The Balaban J connectivity index is 1.81. The maximum atomic E-state index is 12.5. The predicted molar refractivity (Wildman–Crippen MR) is 125 cm³/mol. The molecule has 0 aliphatic carbocycles. The molecule has 12 heteroatoms. The van der Waals surface area contributed by atoms with Crippen molar-refractivity contribution >= 4 is 48.9 Å². The molecular weight excluding hydrogens is 468 g/mol. The third-order valence-corrected chi connectivity index (χ3v) is 7.73. The Hall–Kier alpha value is -2.86. The molecule has 0 spiro atoms. The number of benzene rings is 1. The Morgan fingerprint density at radius 2 is 1.94 bits per heavy atom. The van der Waals surface area contributed by atoms with Crippen molar-refractivity contribution in [2.45, 2.75) is 26.8 Å². The number of thiazole rings is 1. The lowest BCUT2D eigenvalue weighted by atomic mass is 9.92. The van der Waals surface area contributed by atoms with Crippen LogP contribution in [0.4, 0.5) is 5.69 Å². The van der Waals surface area contributed by atoms with E-state index in [1.807, 2.05) is 13.8 Å². The second kappa shape index (κ2) is 9.96. The predicted octanol–water partition coefficient (Wildman–Crippen LogP) is 2.14. The molecule has 1 fully saturated rings. The van der Waals surface area contributed by atoms with Gasteiger partial charge in [-0.3, -0.25) is 19.7 Å². The Labute approximate surface area is 195 Å². The van der Waals surface area contributed by atoms with Crippen molar-refractivity contribution in [1.29, 1.82) is 0 Å². The van der Waals surface area contributed by atoms with Crippen LogP contribution in [0.15, 0.2) is 35.8 Å². The van der Waals surface area contributed by atoms with E-state index < -0.39 is 38.1 Å². The van der Waals surface area contributed by atoms with Gasteiger partial charge in [-0.15, -0.1) is 6.58 Å². The van der Waals surface area contributed by atoms with E-state index in [1.165, 1.54) is 12.1 Å². The number of amides is 2. The number of hydrogen-bond donors (Lipinski definition) is 0. The summed E-state index contributed by atoms with van der Waals surface area (Å²) in [6.45, 7) is 9.00. The number of nitro benzene ring substituents is 1. The summed E-state index contributed by atoms with van der Waals surface area (Å²) in [6.07, 6.45) is 2.56. The summed E-state index contributed by atoms with van der Waals surface area (Å²) in [5.74, 6) is -2.44. The number of allylic oxidation sites excluding steroid dienone is 1. The second-order valence-electron chi connectivity index (χ2n) is 8.48. The number of likely N-dealkylation sites (tertiary alicyclic amines) is 1. The van der Waals surface area contributed by atoms with Crippen molar-refractivity contribution in [3.8, 4) is 0 Å². The summed E-state index contributed by atoms with van der Waals surface area (Å²) in [6, 6.07) is 4.27. The second-order valence-corrected chi connectivity index (χ2v) is 11.5. The maximum Gasteiger partial charge on any atom is 0.270 e. The molecule has 1 aromatic heterocycles. The Morgan fingerprint density at radius 3 is 2.55 bits per heavy atom. The monoisotopic (exact) mass is 494 g/mol. The normalized spacial score (nSPS) is 19.6. The summed E-state index contributed by atoms with van der Waals surface area (Å²) >= 11 is 1.04. The average Bonchev–Trinajstić information content (AvgIpc) is 3.02. The van der Waals surface area contributed by atoms with E-state index in [4.69, 9.17) is 0 Å². The smallest absolute Gasteiger partial charge is 0.270 e. The summed E-state index contributed by atoms with van der Waals surface area (Å²) in [4.78, 5) is 41.2. The van der Waals surface area contributed by atoms with Gasteiger partial charge in [0.25, 0.3) is 11.6 Å². The van der Waals surface area contributed by atoms with Crippen LogP contribution in [0.2, 0.25) is 0 Å². The topological polar surface area (TPSA) is 132 Å². The highest BCUT2D eigenvalue weighted by Gasteiger charge is 2.29. The Bertz CT molecular complexity index is 1270. The zero-order chi connectivity index (χ0) is 24.3. The number of fused-ring (bicyclic) bond motifs is 1. The highest BCUT2D eigenvalue weighted by Crippen LogP contribution is 2.23. The van der Waals surface area contributed by atoms with Gasteiger partial charge in [-0.05, 0) is 24.3 Å². The van der Waals surface area contributed by atoms with E-state index in [1.54, 1.807) is 21.6 Å². The van der Waals surface area contributed by atoms with Gasteiger partial charge in [0.15, 0.2) is 14.6 Å². The lowest BCUT2D eigenvalue weighted by molar-refractivity contribution is -0.384. The number of non-ortho nitro benzene ring substituents is 1. The minimum atomic E-state index is -4.01. The number of carbonyl (C=O) groups excluding carboxylic acids is 2. The molecule has 3 rings (SSSR count). The van der Waals surface area contributed by atoms with E-state index in [9.17, 15) is 28.1 Å². The fourth-order valence-electron chi connectivity index (χ4n) is 4.09. The summed E-state index contributed by atoms with van der Waals surface area (Å²) < 4.78 is 27.2. The van der Waals surface area contributed by atoms with Crippen molar-refractivity contribution in [2.24, 2.45) is 16.8 Å². The molecule has 1 saturated heterocycles. The van der Waals surface area contributed by atoms with Gasteiger partial charge in [-0.2, -0.15) is 4.99 Å². The van der Waals surface area contributed by atoms with Crippen LogP contribution in [-0.2, 0) is 26.0 Å². The highest BCUT2D eigenvalue weighted by molar-refractivity contribution is 7.92. The lowest BCUT2D eigenvalue weighted by Gasteiger charge is -2.34. The van der Waals surface area contributed by atoms with E-state index >= 15 is 0 Å². The quantitative estimate of drug-likeness (QED) is 0.329. The molecule has 178 valence electrons. The number of nitro groups is 1. The van der Waals surface area contributed by atoms with Gasteiger partial charge in [0.1, 0.15) is 11.5 Å². The third kappa shape index (κ3) is 6.14. The molecule has 2 amide bonds. The number of carbonyl (C=O) groups is 2. The maximum absolute atomic E-state index is 12.5. The van der Waals surface area contributed by atoms with Crippen LogP contribution in [0.25, 0.3) is 10.2 Å². The van der Waals surface area contributed by atoms with Crippen molar-refractivity contribution in [1.82, 2.24) is 9.47 Å². The van der Waals surface area contributed by atoms with Gasteiger partial charge < -0.3 is 9.47 Å². The molecule has 10 nitrogen and oxygen atoms in total. The summed E-state index contributed by atoms with van der Waals surface area (Å²) in [7, 11) is -4.01. The number of aromatic nitrogens is 1. The molecule has 1 aliphatic rings. The molecule has 0 saturated carbocycles. The molecule has 0 N–H and O–H groups in total. The third-order valence-electron chi connectivity index (χ3n) is 5.32. The Kier molecular flexibility index (Phi) is 7.48. The van der Waals surface area contributed by atoms with Crippen molar-refractivity contribution < 1.29 is 22.9 Å². The first kappa shape index (κ1) is 24.8. The minimum absolute atomic E-state index is 0.102. The first-order chi connectivity index (χ1) is 15.5. The Morgan fingerprint density at radius 1 is 1.27 bits per heavy atom. The zero-order valence-corrected chi connectivity index (χ0v) is 20.1. The number of nitrogens with zero attached hydrogens (tertiary/aromatic N) is 4. The molecule has 0 bridgehead atoms. The number of hydrogen-bond acceptors (Lipinski definition) is 7. The van der Waals surface area contributed by atoms with Crippen LogP contribution >= 0.6 is 11.3 Å². The van der Waals surface area contributed by atoms with Crippen LogP contribution in [-0.4, -0.2) is 59.2 Å². The van der Waals surface area contributed by atoms with Gasteiger partial charge in [0, 0.05) is 31.8 Å². The van der Waals surface area contributed by atoms with Crippen LogP contribution in [0, 0.1) is 22.0 Å². The number of rotatable bonds is 7. The van der Waals surface area contributed by atoms with Crippen molar-refractivity contribution in [3.63, 3.8) is 0 Å². The summed E-state index contributed by atoms with van der Waals surface area (Å²) in [5.41, 5.74) is 0.512. The molecular formula is C21H26N4O6S2. The zero-order valence-electron chi connectivity index (χ0n) is 18.5. The van der Waals surface area contributed by atoms with Crippen LogP contribution in [0.3, 0.4) is 0 Å². The van der Waals surface area contributed by atoms with Gasteiger partial charge in [0.2, 0.25) is 5.91 Å². The van der Waals surface area contributed by atoms with E-state index in [-0.39, 0.29) is 17.0 Å². The molecule has 1 aliphatic heterocycles. The number of sulfone groups is 1. The first-order valence-electron chi connectivity index (χ1n) is 10.4. The van der Waals surface area contributed by atoms with Crippen LogP contribution in [0.5, 0.6) is 0 Å². The van der Waals surface area contributed by atoms with Gasteiger partial charge >= 0.3 is 0 Å². The van der Waals surface area contributed by atoms with Crippen molar-refractivity contribution in [3.05, 3.63) is 45.8 Å². The van der Waals surface area contributed by atoms with Gasteiger partial charge in [0.05, 0.1) is 15.1 Å². The van der Waals surface area contributed by atoms with E-state index in [0.717, 1.165) is 17.8 Å². The van der Waals surface area contributed by atoms with Gasteiger partial charge in [-0.1, -0.05) is 31.3 Å². The fraction of sp³-hybridized carbons (Fsp3) is 0.476. The average molecular weight is 495 g/mol. The summed E-state index contributed by atoms with van der Waals surface area (Å²) in [5, 5.41) is 11.0.